The van der Waals surface area contributed by atoms with Crippen LogP contribution in [-0.2, 0) is 12.8 Å². The second kappa shape index (κ2) is 7.89. The van der Waals surface area contributed by atoms with Gasteiger partial charge in [0, 0.05) is 23.4 Å². The Morgan fingerprint density at radius 2 is 1.97 bits per heavy atom. The maximum Gasteiger partial charge on any atom is 0.289 e. The molecule has 1 heterocycles. The van der Waals surface area contributed by atoms with Gasteiger partial charge in [0.15, 0.2) is 0 Å². The number of hydrazone groups is 1. The molecule has 0 atom stereocenters. The third-order valence-electron chi connectivity index (χ3n) is 4.75. The first-order chi connectivity index (χ1) is 14.1. The maximum atomic E-state index is 12.5. The number of para-hydroxylation sites is 1. The number of carbonyl (C=O) groups excluding carboxylic acids is 1. The third kappa shape index (κ3) is 3.68. The largest absolute Gasteiger partial charge is 0.289 e. The first-order valence-electron chi connectivity index (χ1n) is 9.04. The Kier molecular flexibility index (Phi) is 4.98. The van der Waals surface area contributed by atoms with Crippen LogP contribution in [0.1, 0.15) is 27.2 Å². The smallest absolute Gasteiger partial charge is 0.272 e. The van der Waals surface area contributed by atoms with Crippen molar-refractivity contribution in [1.82, 2.24) is 15.6 Å². The number of aromatic amines is 1. The van der Waals surface area contributed by atoms with Crippen LogP contribution in [0.3, 0.4) is 0 Å². The molecule has 1 aliphatic rings. The Balaban J connectivity index is 1.44. The van der Waals surface area contributed by atoms with Gasteiger partial charge in [0.2, 0.25) is 0 Å². The lowest BCUT2D eigenvalue weighted by atomic mass is 9.89. The van der Waals surface area contributed by atoms with Crippen molar-refractivity contribution >= 4 is 23.9 Å². The highest BCUT2D eigenvalue weighted by atomic mass is 16.6. The molecular formula is C21H17N5O3. The standard InChI is InChI=1S/C21H17N5O3/c27-21(25-22-13-5-8-15-7-2-4-10-18(15)26(28)29)20-17-12-11-14-6-1-3-9-16(14)19(17)23-24-20/h1-10,13H,11-12H2,(H,23,24)(H,25,27)/b8-5+,22-13-. The Morgan fingerprint density at radius 1 is 1.17 bits per heavy atom. The van der Waals surface area contributed by atoms with Gasteiger partial charge in [-0.15, -0.1) is 0 Å². The van der Waals surface area contributed by atoms with E-state index in [0.717, 1.165) is 29.7 Å². The van der Waals surface area contributed by atoms with Gasteiger partial charge in [-0.1, -0.05) is 36.4 Å². The minimum Gasteiger partial charge on any atom is -0.272 e. The van der Waals surface area contributed by atoms with Gasteiger partial charge in [0.1, 0.15) is 5.69 Å². The Bertz CT molecular complexity index is 1150. The normalized spacial score (nSPS) is 12.7. The van der Waals surface area contributed by atoms with E-state index in [1.807, 2.05) is 18.2 Å². The summed E-state index contributed by atoms with van der Waals surface area (Å²) in [7, 11) is 0. The van der Waals surface area contributed by atoms with Crippen LogP contribution in [0.5, 0.6) is 0 Å². The number of rotatable bonds is 5. The van der Waals surface area contributed by atoms with Crippen molar-refractivity contribution in [3.63, 3.8) is 0 Å². The fraction of sp³-hybridized carbons (Fsp3) is 0.0952. The molecule has 144 valence electrons. The highest BCUT2D eigenvalue weighted by molar-refractivity contribution is 5.96. The zero-order chi connectivity index (χ0) is 20.2. The van der Waals surface area contributed by atoms with E-state index in [1.54, 1.807) is 24.3 Å². The lowest BCUT2D eigenvalue weighted by Gasteiger charge is -2.15. The number of hydrogen-bond acceptors (Lipinski definition) is 5. The molecule has 0 unspecified atom stereocenters. The molecule has 2 N–H and O–H groups in total. The monoisotopic (exact) mass is 387 g/mol. The number of hydrogen-bond donors (Lipinski definition) is 2. The number of nitrogens with zero attached hydrogens (tertiary/aromatic N) is 3. The van der Waals surface area contributed by atoms with E-state index < -0.39 is 4.92 Å². The van der Waals surface area contributed by atoms with Gasteiger partial charge >= 0.3 is 0 Å². The maximum absolute atomic E-state index is 12.5. The van der Waals surface area contributed by atoms with E-state index in [-0.39, 0.29) is 11.6 Å². The number of fused-ring (bicyclic) bond motifs is 3. The molecule has 0 spiro atoms. The predicted molar refractivity (Wildman–Crippen MR) is 110 cm³/mol. The minimum atomic E-state index is -0.446. The number of allylic oxidation sites excluding steroid dienone is 1. The summed E-state index contributed by atoms with van der Waals surface area (Å²) in [6.07, 6.45) is 6.04. The molecule has 0 aliphatic heterocycles. The average molecular weight is 387 g/mol. The number of nitrogens with one attached hydrogen (secondary N) is 2. The molecular weight excluding hydrogens is 370 g/mol. The van der Waals surface area contributed by atoms with E-state index in [2.05, 4.69) is 26.8 Å². The molecule has 4 rings (SSSR count). The SMILES string of the molecule is O=C(N/N=C\C=C\c1ccccc1[N+](=O)[O-])c1[nH]nc2c1CCc1ccccc1-2. The fourth-order valence-electron chi connectivity index (χ4n) is 3.38. The van der Waals surface area contributed by atoms with E-state index in [4.69, 9.17) is 0 Å². The molecule has 8 nitrogen and oxygen atoms in total. The number of H-pyrrole nitrogens is 1. The van der Waals surface area contributed by atoms with Crippen LogP contribution in [0, 0.1) is 10.1 Å². The molecule has 0 saturated heterocycles. The highest BCUT2D eigenvalue weighted by Gasteiger charge is 2.24. The molecule has 0 radical (unpaired) electrons. The van der Waals surface area contributed by atoms with Crippen molar-refractivity contribution < 1.29 is 9.72 Å². The van der Waals surface area contributed by atoms with E-state index in [9.17, 15) is 14.9 Å². The van der Waals surface area contributed by atoms with Crippen LogP contribution >= 0.6 is 0 Å². The second-order valence-corrected chi connectivity index (χ2v) is 6.48. The van der Waals surface area contributed by atoms with Crippen molar-refractivity contribution in [2.75, 3.05) is 0 Å². The van der Waals surface area contributed by atoms with E-state index in [0.29, 0.717) is 11.3 Å². The molecule has 1 aromatic heterocycles. The van der Waals surface area contributed by atoms with Crippen molar-refractivity contribution in [3.8, 4) is 11.3 Å². The summed E-state index contributed by atoms with van der Waals surface area (Å²) in [5.41, 5.74) is 7.26. The Morgan fingerprint density at radius 3 is 2.83 bits per heavy atom. The minimum absolute atomic E-state index is 0.00514. The number of aromatic nitrogens is 2. The van der Waals surface area contributed by atoms with Crippen molar-refractivity contribution in [1.29, 1.82) is 0 Å². The van der Waals surface area contributed by atoms with Gasteiger partial charge in [-0.2, -0.15) is 10.2 Å². The summed E-state index contributed by atoms with van der Waals surface area (Å²) >= 11 is 0. The van der Waals surface area contributed by atoms with Gasteiger partial charge < -0.3 is 0 Å². The molecule has 1 aliphatic carbocycles. The molecule has 1 amide bonds. The second-order valence-electron chi connectivity index (χ2n) is 6.48. The zero-order valence-corrected chi connectivity index (χ0v) is 15.3. The number of amides is 1. The molecule has 0 fully saturated rings. The van der Waals surface area contributed by atoms with Gasteiger partial charge in [0.05, 0.1) is 16.2 Å². The van der Waals surface area contributed by atoms with Crippen LogP contribution in [0.15, 0.2) is 59.7 Å². The summed E-state index contributed by atoms with van der Waals surface area (Å²) in [6, 6.07) is 14.4. The molecule has 3 aromatic rings. The van der Waals surface area contributed by atoms with Crippen LogP contribution < -0.4 is 5.43 Å². The van der Waals surface area contributed by atoms with Crippen LogP contribution in [-0.4, -0.2) is 27.2 Å². The summed E-state index contributed by atoms with van der Waals surface area (Å²) in [4.78, 5) is 23.0. The van der Waals surface area contributed by atoms with Gasteiger partial charge in [-0.3, -0.25) is 20.0 Å². The average Bonchev–Trinajstić information content (AvgIpc) is 3.18. The molecule has 8 heteroatoms. The molecule has 0 bridgehead atoms. The first kappa shape index (κ1) is 18.3. The summed E-state index contributed by atoms with van der Waals surface area (Å²) in [5.74, 6) is -0.381. The van der Waals surface area contributed by atoms with Crippen LogP contribution in [0.4, 0.5) is 5.69 Å². The summed E-state index contributed by atoms with van der Waals surface area (Å²) in [5, 5.41) is 22.0. The number of nitro groups is 1. The number of benzene rings is 2. The number of nitro benzene ring substituents is 1. The Labute approximate surface area is 166 Å². The van der Waals surface area contributed by atoms with Gasteiger partial charge in [-0.25, -0.2) is 5.43 Å². The van der Waals surface area contributed by atoms with Crippen molar-refractivity contribution in [3.05, 3.63) is 87.1 Å². The van der Waals surface area contributed by atoms with E-state index in [1.165, 1.54) is 23.9 Å². The first-order valence-corrected chi connectivity index (χ1v) is 9.04. The number of aryl methyl sites for hydroxylation is 1. The van der Waals surface area contributed by atoms with Gasteiger partial charge in [-0.05, 0) is 36.6 Å². The Hall–Kier alpha value is -4.07. The molecule has 2 aromatic carbocycles. The van der Waals surface area contributed by atoms with Crippen molar-refractivity contribution in [2.45, 2.75) is 12.8 Å². The third-order valence-corrected chi connectivity index (χ3v) is 4.75. The predicted octanol–water partition coefficient (Wildman–Crippen LogP) is 3.51. The summed E-state index contributed by atoms with van der Waals surface area (Å²) in [6.45, 7) is 0. The van der Waals surface area contributed by atoms with Crippen LogP contribution in [0.2, 0.25) is 0 Å². The fourth-order valence-corrected chi connectivity index (χ4v) is 3.38. The quantitative estimate of drug-likeness (QED) is 0.396. The molecule has 0 saturated carbocycles. The molecule has 29 heavy (non-hydrogen) atoms. The topological polar surface area (TPSA) is 113 Å². The zero-order valence-electron chi connectivity index (χ0n) is 15.3. The lowest BCUT2D eigenvalue weighted by molar-refractivity contribution is -0.385. The van der Waals surface area contributed by atoms with Gasteiger partial charge in [0.25, 0.3) is 11.6 Å². The summed E-state index contributed by atoms with van der Waals surface area (Å²) < 4.78 is 0. The number of carbonyl (C=O) groups is 1. The highest BCUT2D eigenvalue weighted by Crippen LogP contribution is 2.33. The van der Waals surface area contributed by atoms with Crippen molar-refractivity contribution in [2.24, 2.45) is 5.10 Å². The van der Waals surface area contributed by atoms with Crippen LogP contribution in [0.25, 0.3) is 17.3 Å². The van der Waals surface area contributed by atoms with E-state index >= 15 is 0 Å². The lowest BCUT2D eigenvalue weighted by Crippen LogP contribution is -2.20.